The third-order valence-electron chi connectivity index (χ3n) is 5.42. The fraction of sp³-hybridized carbons (Fsp3) is 0.455. The number of carbonyl (C=O) groups excluding carboxylic acids is 2. The van der Waals surface area contributed by atoms with Crippen LogP contribution < -0.4 is 5.32 Å². The van der Waals surface area contributed by atoms with E-state index in [2.05, 4.69) is 28.7 Å². The second kappa shape index (κ2) is 9.86. The van der Waals surface area contributed by atoms with E-state index in [-0.39, 0.29) is 25.0 Å². The molecule has 30 heavy (non-hydrogen) atoms. The van der Waals surface area contributed by atoms with Crippen molar-refractivity contribution in [2.45, 2.75) is 13.0 Å². The Balaban J connectivity index is 2.06. The van der Waals surface area contributed by atoms with Gasteiger partial charge in [0, 0.05) is 45.0 Å². The van der Waals surface area contributed by atoms with Crippen molar-refractivity contribution in [3.8, 4) is 0 Å². The van der Waals surface area contributed by atoms with Gasteiger partial charge < -0.3 is 15.0 Å². The van der Waals surface area contributed by atoms with E-state index in [1.165, 1.54) is 17.0 Å². The van der Waals surface area contributed by atoms with E-state index in [0.29, 0.717) is 23.4 Å². The summed E-state index contributed by atoms with van der Waals surface area (Å²) in [7, 11) is 2.07. The highest BCUT2D eigenvalue weighted by molar-refractivity contribution is 5.95. The molecule has 0 unspecified atom stereocenters. The molecular formula is C22H29FN4O3. The Morgan fingerprint density at radius 3 is 2.53 bits per heavy atom. The lowest BCUT2D eigenvalue weighted by molar-refractivity contribution is -0.139. The predicted molar refractivity (Wildman–Crippen MR) is 112 cm³/mol. The zero-order valence-corrected chi connectivity index (χ0v) is 17.6. The number of ether oxygens (including phenoxy) is 1. The molecule has 2 aliphatic rings. The highest BCUT2D eigenvalue weighted by atomic mass is 19.1. The second-order valence-electron chi connectivity index (χ2n) is 7.49. The van der Waals surface area contributed by atoms with E-state index in [9.17, 15) is 14.0 Å². The monoisotopic (exact) mass is 416 g/mol. The van der Waals surface area contributed by atoms with Crippen LogP contribution in [0.3, 0.4) is 0 Å². The van der Waals surface area contributed by atoms with Gasteiger partial charge in [0.15, 0.2) is 0 Å². The second-order valence-corrected chi connectivity index (χ2v) is 7.49. The Labute approximate surface area is 176 Å². The van der Waals surface area contributed by atoms with Gasteiger partial charge in [0.1, 0.15) is 5.82 Å². The highest BCUT2D eigenvalue weighted by Gasteiger charge is 2.38. The van der Waals surface area contributed by atoms with Crippen molar-refractivity contribution >= 4 is 12.0 Å². The minimum Gasteiger partial charge on any atom is -0.463 e. The third kappa shape index (κ3) is 4.88. The summed E-state index contributed by atoms with van der Waals surface area (Å²) in [4.78, 5) is 32.0. The van der Waals surface area contributed by atoms with Crippen LogP contribution in [0.15, 0.2) is 48.2 Å². The van der Waals surface area contributed by atoms with Crippen molar-refractivity contribution in [2.75, 3.05) is 52.9 Å². The lowest BCUT2D eigenvalue weighted by Crippen LogP contribution is -2.52. The van der Waals surface area contributed by atoms with E-state index in [4.69, 9.17) is 4.74 Å². The summed E-state index contributed by atoms with van der Waals surface area (Å²) in [6.07, 6.45) is 1.63. The summed E-state index contributed by atoms with van der Waals surface area (Å²) in [6, 6.07) is 4.77. The first-order chi connectivity index (χ1) is 14.4. The Morgan fingerprint density at radius 2 is 1.93 bits per heavy atom. The number of halogens is 1. The number of esters is 1. The number of rotatable bonds is 7. The van der Waals surface area contributed by atoms with Crippen LogP contribution in [0.4, 0.5) is 9.18 Å². The van der Waals surface area contributed by atoms with E-state index in [1.54, 1.807) is 25.1 Å². The van der Waals surface area contributed by atoms with Crippen LogP contribution >= 0.6 is 0 Å². The maximum absolute atomic E-state index is 13.5. The Hall–Kier alpha value is -2.71. The number of amides is 2. The summed E-state index contributed by atoms with van der Waals surface area (Å²) >= 11 is 0. The molecule has 1 N–H and O–H groups in total. The molecule has 162 valence electrons. The zero-order chi connectivity index (χ0) is 21.7. The largest absolute Gasteiger partial charge is 0.463 e. The standard InChI is InChI=1S/C22H29FN4O3/c1-4-10-27-18(15-26-13-11-25(3)12-14-26)19(21(28)30-5-2)20(24-22(27)29)16-6-8-17(23)9-7-16/h4,6-9,20H,1,5,10-15H2,2-3H3,(H,24,29)/t20-/m1/s1. The molecule has 0 saturated carbocycles. The average molecular weight is 416 g/mol. The molecular weight excluding hydrogens is 387 g/mol. The maximum atomic E-state index is 13.5. The molecule has 0 spiro atoms. The van der Waals surface area contributed by atoms with Gasteiger partial charge in [-0.25, -0.2) is 14.0 Å². The number of carbonyl (C=O) groups is 2. The van der Waals surface area contributed by atoms with E-state index < -0.39 is 12.0 Å². The first-order valence-electron chi connectivity index (χ1n) is 10.2. The average Bonchev–Trinajstić information content (AvgIpc) is 2.72. The van der Waals surface area contributed by atoms with Crippen molar-refractivity contribution in [3.63, 3.8) is 0 Å². The SMILES string of the molecule is C=CCN1C(=O)N[C@H](c2ccc(F)cc2)C(C(=O)OCC)=C1CN1CCN(C)CC1. The molecule has 3 rings (SSSR count). The van der Waals surface area contributed by atoms with Crippen LogP contribution in [0, 0.1) is 5.82 Å². The molecule has 7 nitrogen and oxygen atoms in total. The minimum atomic E-state index is -0.708. The first kappa shape index (κ1) is 22.0. The molecule has 0 aliphatic carbocycles. The first-order valence-corrected chi connectivity index (χ1v) is 10.2. The number of nitrogens with zero attached hydrogens (tertiary/aromatic N) is 3. The number of urea groups is 1. The molecule has 1 fully saturated rings. The predicted octanol–water partition coefficient (Wildman–Crippen LogP) is 2.14. The molecule has 1 aromatic carbocycles. The summed E-state index contributed by atoms with van der Waals surface area (Å²) in [5.74, 6) is -0.862. The topological polar surface area (TPSA) is 65.1 Å². The van der Waals surface area contributed by atoms with Gasteiger partial charge in [-0.2, -0.15) is 0 Å². The summed E-state index contributed by atoms with van der Waals surface area (Å²) in [5.41, 5.74) is 1.61. The number of piperazine rings is 1. The molecule has 2 aliphatic heterocycles. The van der Waals surface area contributed by atoms with E-state index in [0.717, 1.165) is 26.2 Å². The number of benzene rings is 1. The minimum absolute atomic E-state index is 0.218. The molecule has 0 radical (unpaired) electrons. The molecule has 2 heterocycles. The van der Waals surface area contributed by atoms with Crippen molar-refractivity contribution < 1.29 is 18.7 Å². The van der Waals surface area contributed by atoms with Crippen molar-refractivity contribution in [3.05, 3.63) is 59.6 Å². The number of hydrogen-bond donors (Lipinski definition) is 1. The van der Waals surface area contributed by atoms with Gasteiger partial charge in [0.05, 0.1) is 18.2 Å². The molecule has 0 bridgehead atoms. The molecule has 2 amide bonds. The Kier molecular flexibility index (Phi) is 7.23. The third-order valence-corrected chi connectivity index (χ3v) is 5.42. The van der Waals surface area contributed by atoms with Gasteiger partial charge in [-0.3, -0.25) is 9.80 Å². The van der Waals surface area contributed by atoms with Crippen LogP contribution in [-0.2, 0) is 9.53 Å². The lowest BCUT2D eigenvalue weighted by atomic mass is 9.94. The molecule has 1 aromatic rings. The van der Waals surface area contributed by atoms with Gasteiger partial charge >= 0.3 is 12.0 Å². The van der Waals surface area contributed by atoms with E-state index >= 15 is 0 Å². The maximum Gasteiger partial charge on any atom is 0.338 e. The zero-order valence-electron chi connectivity index (χ0n) is 17.6. The molecule has 8 heteroatoms. The van der Waals surface area contributed by atoms with Gasteiger partial charge in [-0.1, -0.05) is 18.2 Å². The number of nitrogens with one attached hydrogen (secondary N) is 1. The smallest absolute Gasteiger partial charge is 0.338 e. The van der Waals surface area contributed by atoms with Crippen molar-refractivity contribution in [2.24, 2.45) is 0 Å². The summed E-state index contributed by atoms with van der Waals surface area (Å²) in [6.45, 7) is 9.93. The molecule has 0 aromatic heterocycles. The summed E-state index contributed by atoms with van der Waals surface area (Å²) < 4.78 is 18.8. The van der Waals surface area contributed by atoms with Crippen molar-refractivity contribution in [1.82, 2.24) is 20.0 Å². The fourth-order valence-electron chi connectivity index (χ4n) is 3.77. The van der Waals surface area contributed by atoms with Crippen molar-refractivity contribution in [1.29, 1.82) is 0 Å². The molecule has 1 saturated heterocycles. The van der Waals surface area contributed by atoms with Crippen LogP contribution in [-0.4, -0.2) is 79.6 Å². The van der Waals surface area contributed by atoms with Gasteiger partial charge in [0.25, 0.3) is 0 Å². The van der Waals surface area contributed by atoms with Crippen LogP contribution in [0.2, 0.25) is 0 Å². The quantitative estimate of drug-likeness (QED) is 0.545. The highest BCUT2D eigenvalue weighted by Crippen LogP contribution is 2.32. The van der Waals surface area contributed by atoms with Crippen LogP contribution in [0.25, 0.3) is 0 Å². The Bertz CT molecular complexity index is 816. The molecule has 1 atom stereocenters. The van der Waals surface area contributed by atoms with Gasteiger partial charge in [-0.05, 0) is 31.7 Å². The van der Waals surface area contributed by atoms with Crippen LogP contribution in [0.1, 0.15) is 18.5 Å². The van der Waals surface area contributed by atoms with Gasteiger partial charge in [-0.15, -0.1) is 6.58 Å². The van der Waals surface area contributed by atoms with Crippen LogP contribution in [0.5, 0.6) is 0 Å². The van der Waals surface area contributed by atoms with E-state index in [1.807, 2.05) is 0 Å². The lowest BCUT2D eigenvalue weighted by Gasteiger charge is -2.40. The normalized spacial score (nSPS) is 20.8. The number of hydrogen-bond acceptors (Lipinski definition) is 5. The Morgan fingerprint density at radius 1 is 1.27 bits per heavy atom. The summed E-state index contributed by atoms with van der Waals surface area (Å²) in [5, 5.41) is 2.88. The number of likely N-dealkylation sites (N-methyl/N-ethyl adjacent to an activating group) is 1. The fourth-order valence-corrected chi connectivity index (χ4v) is 3.77. The van der Waals surface area contributed by atoms with Gasteiger partial charge in [0.2, 0.25) is 0 Å².